The number of amides is 2. The smallest absolute Gasteiger partial charge is 0.344 e. The summed E-state index contributed by atoms with van der Waals surface area (Å²) in [7, 11) is 1.56. The van der Waals surface area contributed by atoms with Crippen molar-refractivity contribution in [3.8, 4) is 0 Å². The number of carbonyl (C=O) groups is 2. The molecular weight excluding hydrogens is 397 g/mol. The minimum absolute atomic E-state index is 0.233. The number of nitrogens with one attached hydrogen (secondary N) is 1. The SMILES string of the molecule is CN1C[C@H](c2ccc(C(F)(F)F)cc2)[C@@H](C(=O)Nc2ccc3ncccc3n2)C1=O. The molecule has 0 spiro atoms. The molecule has 1 aromatic carbocycles. The van der Waals surface area contributed by atoms with Crippen molar-refractivity contribution in [1.82, 2.24) is 14.9 Å². The van der Waals surface area contributed by atoms with Crippen LogP contribution in [0.1, 0.15) is 17.0 Å². The van der Waals surface area contributed by atoms with Gasteiger partial charge in [0.15, 0.2) is 0 Å². The lowest BCUT2D eigenvalue weighted by molar-refractivity contribution is -0.138. The third-order valence-electron chi connectivity index (χ3n) is 5.17. The molecule has 0 aliphatic carbocycles. The van der Waals surface area contributed by atoms with Gasteiger partial charge < -0.3 is 10.2 Å². The molecule has 1 aliphatic heterocycles. The molecule has 0 bridgehead atoms. The Morgan fingerprint density at radius 2 is 1.83 bits per heavy atom. The molecule has 9 heteroatoms. The fraction of sp³-hybridized carbons (Fsp3) is 0.238. The van der Waals surface area contributed by atoms with Crippen LogP contribution in [0.5, 0.6) is 0 Å². The summed E-state index contributed by atoms with van der Waals surface area (Å²) in [6.07, 6.45) is -2.82. The molecule has 1 fully saturated rings. The number of halogens is 3. The summed E-state index contributed by atoms with van der Waals surface area (Å²) in [6, 6.07) is 11.3. The van der Waals surface area contributed by atoms with Crippen molar-refractivity contribution in [1.29, 1.82) is 0 Å². The zero-order valence-corrected chi connectivity index (χ0v) is 15.8. The Bertz CT molecular complexity index is 1120. The molecule has 2 amide bonds. The van der Waals surface area contributed by atoms with E-state index in [-0.39, 0.29) is 18.3 Å². The van der Waals surface area contributed by atoms with E-state index in [1.165, 1.54) is 17.0 Å². The van der Waals surface area contributed by atoms with Gasteiger partial charge in [0, 0.05) is 25.7 Å². The van der Waals surface area contributed by atoms with E-state index in [1.807, 2.05) is 0 Å². The van der Waals surface area contributed by atoms with Crippen molar-refractivity contribution in [2.75, 3.05) is 18.9 Å². The molecule has 4 rings (SSSR count). The molecule has 0 radical (unpaired) electrons. The van der Waals surface area contributed by atoms with Gasteiger partial charge in [-0.15, -0.1) is 0 Å². The second-order valence-electron chi connectivity index (χ2n) is 7.15. The lowest BCUT2D eigenvalue weighted by Crippen LogP contribution is -2.33. The summed E-state index contributed by atoms with van der Waals surface area (Å²) in [6.45, 7) is 0.233. The fourth-order valence-electron chi connectivity index (χ4n) is 3.64. The first-order chi connectivity index (χ1) is 14.2. The third kappa shape index (κ3) is 3.70. The second-order valence-corrected chi connectivity index (χ2v) is 7.15. The van der Waals surface area contributed by atoms with Gasteiger partial charge in [-0.25, -0.2) is 4.98 Å². The van der Waals surface area contributed by atoms with E-state index in [0.717, 1.165) is 12.1 Å². The number of nitrogens with zero attached hydrogens (tertiary/aromatic N) is 3. The van der Waals surface area contributed by atoms with Crippen LogP contribution < -0.4 is 5.32 Å². The molecule has 0 saturated carbocycles. The highest BCUT2D eigenvalue weighted by molar-refractivity contribution is 6.08. The van der Waals surface area contributed by atoms with Gasteiger partial charge in [0.2, 0.25) is 11.8 Å². The Hall–Kier alpha value is -3.49. The number of rotatable bonds is 3. The van der Waals surface area contributed by atoms with E-state index in [2.05, 4.69) is 15.3 Å². The second kappa shape index (κ2) is 7.40. The molecule has 0 unspecified atom stereocenters. The lowest BCUT2D eigenvalue weighted by Gasteiger charge is -2.17. The Morgan fingerprint density at radius 3 is 2.53 bits per heavy atom. The minimum Gasteiger partial charge on any atom is -0.344 e. The summed E-state index contributed by atoms with van der Waals surface area (Å²) < 4.78 is 38.5. The molecule has 6 nitrogen and oxygen atoms in total. The summed E-state index contributed by atoms with van der Waals surface area (Å²) in [5.41, 5.74) is 0.967. The topological polar surface area (TPSA) is 75.2 Å². The van der Waals surface area contributed by atoms with Crippen molar-refractivity contribution in [2.45, 2.75) is 12.1 Å². The third-order valence-corrected chi connectivity index (χ3v) is 5.17. The van der Waals surface area contributed by atoms with E-state index in [4.69, 9.17) is 0 Å². The standard InChI is InChI=1S/C21H17F3N4O2/c1-28-11-14(12-4-6-13(7-5-12)21(22,23)24)18(20(28)30)19(29)27-17-9-8-15-16(26-17)3-2-10-25-15/h2-10,14,18H,11H2,1H3,(H,26,27,29)/t14-,18+/m1/s1. The number of hydrogen-bond acceptors (Lipinski definition) is 4. The van der Waals surface area contributed by atoms with E-state index in [0.29, 0.717) is 16.6 Å². The summed E-state index contributed by atoms with van der Waals surface area (Å²) >= 11 is 0. The van der Waals surface area contributed by atoms with Crippen molar-refractivity contribution in [3.63, 3.8) is 0 Å². The van der Waals surface area contributed by atoms with Crippen LogP contribution in [-0.4, -0.2) is 40.3 Å². The molecule has 1 saturated heterocycles. The highest BCUT2D eigenvalue weighted by Crippen LogP contribution is 2.36. The van der Waals surface area contributed by atoms with Crippen molar-refractivity contribution in [3.05, 3.63) is 65.9 Å². The van der Waals surface area contributed by atoms with Crippen LogP contribution in [0.3, 0.4) is 0 Å². The largest absolute Gasteiger partial charge is 0.416 e. The number of hydrogen-bond donors (Lipinski definition) is 1. The molecule has 154 valence electrons. The zero-order chi connectivity index (χ0) is 21.5. The number of anilines is 1. The molecule has 30 heavy (non-hydrogen) atoms. The van der Waals surface area contributed by atoms with Gasteiger partial charge in [0.1, 0.15) is 11.7 Å². The average Bonchev–Trinajstić information content (AvgIpc) is 3.02. The number of aromatic nitrogens is 2. The van der Waals surface area contributed by atoms with Crippen LogP contribution in [0.25, 0.3) is 11.0 Å². The van der Waals surface area contributed by atoms with Crippen molar-refractivity contribution >= 4 is 28.7 Å². The van der Waals surface area contributed by atoms with Gasteiger partial charge in [-0.2, -0.15) is 13.2 Å². The number of fused-ring (bicyclic) bond motifs is 1. The Morgan fingerprint density at radius 1 is 1.10 bits per heavy atom. The maximum atomic E-state index is 12.9. The maximum absolute atomic E-state index is 12.9. The van der Waals surface area contributed by atoms with Crippen LogP contribution >= 0.6 is 0 Å². The lowest BCUT2D eigenvalue weighted by atomic mass is 9.87. The number of likely N-dealkylation sites (N-methyl/N-ethyl adjacent to an activating group) is 1. The average molecular weight is 414 g/mol. The van der Waals surface area contributed by atoms with Crippen molar-refractivity contribution in [2.24, 2.45) is 5.92 Å². The van der Waals surface area contributed by atoms with Gasteiger partial charge >= 0.3 is 6.18 Å². The Kier molecular flexibility index (Phi) is 4.89. The summed E-state index contributed by atoms with van der Waals surface area (Å²) in [5, 5.41) is 2.66. The summed E-state index contributed by atoms with van der Waals surface area (Å²) in [4.78, 5) is 35.4. The van der Waals surface area contributed by atoms with Gasteiger partial charge in [-0.1, -0.05) is 12.1 Å². The zero-order valence-electron chi connectivity index (χ0n) is 15.8. The van der Waals surface area contributed by atoms with Crippen LogP contribution in [0.2, 0.25) is 0 Å². The first-order valence-electron chi connectivity index (χ1n) is 9.19. The summed E-state index contributed by atoms with van der Waals surface area (Å²) in [5.74, 6) is -2.29. The highest BCUT2D eigenvalue weighted by atomic mass is 19.4. The van der Waals surface area contributed by atoms with Gasteiger partial charge in [0.05, 0.1) is 16.6 Å². The van der Waals surface area contributed by atoms with Crippen LogP contribution in [0, 0.1) is 5.92 Å². The first-order valence-corrected chi connectivity index (χ1v) is 9.19. The molecule has 2 aromatic heterocycles. The molecule has 1 N–H and O–H groups in total. The molecule has 2 atom stereocenters. The van der Waals surface area contributed by atoms with Crippen LogP contribution in [0.15, 0.2) is 54.7 Å². The first kappa shape index (κ1) is 19.8. The quantitative estimate of drug-likeness (QED) is 0.666. The number of pyridine rings is 2. The van der Waals surface area contributed by atoms with Gasteiger partial charge in [-0.05, 0) is 42.0 Å². The number of likely N-dealkylation sites (tertiary alicyclic amines) is 1. The predicted octanol–water partition coefficient (Wildman–Crippen LogP) is 3.46. The number of benzene rings is 1. The van der Waals surface area contributed by atoms with E-state index in [1.54, 1.807) is 37.5 Å². The highest BCUT2D eigenvalue weighted by Gasteiger charge is 2.44. The molecule has 3 aromatic rings. The normalized spacial score (nSPS) is 19.3. The Balaban J connectivity index is 1.59. The minimum atomic E-state index is -4.45. The fourth-order valence-corrected chi connectivity index (χ4v) is 3.64. The van der Waals surface area contributed by atoms with Gasteiger partial charge in [0.25, 0.3) is 0 Å². The number of carbonyl (C=O) groups excluding carboxylic acids is 2. The van der Waals surface area contributed by atoms with Crippen LogP contribution in [0.4, 0.5) is 19.0 Å². The molecule has 3 heterocycles. The van der Waals surface area contributed by atoms with E-state index >= 15 is 0 Å². The van der Waals surface area contributed by atoms with E-state index in [9.17, 15) is 22.8 Å². The van der Waals surface area contributed by atoms with Crippen LogP contribution in [-0.2, 0) is 15.8 Å². The monoisotopic (exact) mass is 414 g/mol. The molecular formula is C21H17F3N4O2. The molecule has 1 aliphatic rings. The Labute approximate surface area is 169 Å². The van der Waals surface area contributed by atoms with E-state index < -0.39 is 29.5 Å². The predicted molar refractivity (Wildman–Crippen MR) is 103 cm³/mol. The van der Waals surface area contributed by atoms with Gasteiger partial charge in [-0.3, -0.25) is 14.6 Å². The van der Waals surface area contributed by atoms with Crippen molar-refractivity contribution < 1.29 is 22.8 Å². The number of alkyl halides is 3. The maximum Gasteiger partial charge on any atom is 0.416 e.